The van der Waals surface area contributed by atoms with Gasteiger partial charge >= 0.3 is 0 Å². The fourth-order valence-corrected chi connectivity index (χ4v) is 4.77. The van der Waals surface area contributed by atoms with Crippen LogP contribution in [0.1, 0.15) is 31.7 Å². The third-order valence-electron chi connectivity index (χ3n) is 5.65. The molecule has 0 aromatic heterocycles. The molecule has 0 bridgehead atoms. The van der Waals surface area contributed by atoms with E-state index in [2.05, 4.69) is 11.8 Å². The van der Waals surface area contributed by atoms with Gasteiger partial charge in [0.05, 0.1) is 26.4 Å². The minimum absolute atomic E-state index is 0.0847. The molecule has 26 heavy (non-hydrogen) atoms. The van der Waals surface area contributed by atoms with Crippen molar-refractivity contribution in [1.82, 2.24) is 9.80 Å². The van der Waals surface area contributed by atoms with Gasteiger partial charge < -0.3 is 19.1 Å². The highest BCUT2D eigenvalue weighted by Gasteiger charge is 2.61. The normalized spacial score (nSPS) is 27.7. The molecule has 7 heteroatoms. The lowest BCUT2D eigenvalue weighted by molar-refractivity contribution is -0.136. The quantitative estimate of drug-likeness (QED) is 0.759. The van der Waals surface area contributed by atoms with Gasteiger partial charge in [-0.3, -0.25) is 9.69 Å². The molecular formula is C19H25ClN2O4. The summed E-state index contributed by atoms with van der Waals surface area (Å²) >= 11 is 6.30. The molecule has 0 N–H and O–H groups in total. The highest BCUT2D eigenvalue weighted by Crippen LogP contribution is 2.47. The van der Waals surface area contributed by atoms with Gasteiger partial charge in [-0.05, 0) is 12.5 Å². The molecule has 3 heterocycles. The number of methoxy groups -OCH3 is 1. The van der Waals surface area contributed by atoms with Crippen LogP contribution in [0.2, 0.25) is 5.02 Å². The van der Waals surface area contributed by atoms with Crippen LogP contribution in [0.5, 0.6) is 11.5 Å². The van der Waals surface area contributed by atoms with Gasteiger partial charge in [0.25, 0.3) is 0 Å². The number of benzene rings is 1. The smallest absolute Gasteiger partial charge is 0.226 e. The average Bonchev–Trinajstić information content (AvgIpc) is 3.26. The second kappa shape index (κ2) is 6.91. The highest BCUT2D eigenvalue weighted by molar-refractivity contribution is 6.30. The van der Waals surface area contributed by atoms with Crippen LogP contribution in [0.25, 0.3) is 0 Å². The SMILES string of the molecule is CCCOc1c(CN2CC[C@@]34OCCN3C(=O)C[C@@H]24)cc(Cl)cc1OC. The summed E-state index contributed by atoms with van der Waals surface area (Å²) in [5.41, 5.74) is 0.563. The zero-order chi connectivity index (χ0) is 18.3. The topological polar surface area (TPSA) is 51.2 Å². The van der Waals surface area contributed by atoms with Crippen molar-refractivity contribution in [2.75, 3.05) is 33.4 Å². The fourth-order valence-electron chi connectivity index (χ4n) is 4.54. The van der Waals surface area contributed by atoms with Crippen LogP contribution >= 0.6 is 11.6 Å². The second-order valence-corrected chi connectivity index (χ2v) is 7.56. The fraction of sp³-hybridized carbons (Fsp3) is 0.632. The molecule has 0 aliphatic carbocycles. The molecule has 3 fully saturated rings. The third kappa shape index (κ3) is 2.75. The number of amides is 1. The van der Waals surface area contributed by atoms with Crippen molar-refractivity contribution in [3.8, 4) is 11.5 Å². The van der Waals surface area contributed by atoms with Gasteiger partial charge in [-0.25, -0.2) is 0 Å². The summed E-state index contributed by atoms with van der Waals surface area (Å²) in [5.74, 6) is 1.59. The second-order valence-electron chi connectivity index (χ2n) is 7.12. The monoisotopic (exact) mass is 380 g/mol. The lowest BCUT2D eigenvalue weighted by Crippen LogP contribution is -2.47. The van der Waals surface area contributed by atoms with E-state index < -0.39 is 5.72 Å². The number of ether oxygens (including phenoxy) is 3. The molecule has 3 aliphatic rings. The predicted molar refractivity (Wildman–Crippen MR) is 97.6 cm³/mol. The Bertz CT molecular complexity index is 713. The number of likely N-dealkylation sites (tertiary alicyclic amines) is 1. The zero-order valence-electron chi connectivity index (χ0n) is 15.3. The molecule has 1 aromatic rings. The molecule has 0 saturated carbocycles. The first-order chi connectivity index (χ1) is 12.6. The van der Waals surface area contributed by atoms with Crippen molar-refractivity contribution in [3.63, 3.8) is 0 Å². The van der Waals surface area contributed by atoms with Crippen LogP contribution in [-0.2, 0) is 16.1 Å². The number of carbonyl (C=O) groups excluding carboxylic acids is 1. The van der Waals surface area contributed by atoms with Gasteiger partial charge in [0, 0.05) is 49.1 Å². The molecule has 3 saturated heterocycles. The van der Waals surface area contributed by atoms with Gasteiger partial charge in [0.1, 0.15) is 0 Å². The molecule has 1 aromatic carbocycles. The van der Waals surface area contributed by atoms with Gasteiger partial charge in [-0.15, -0.1) is 0 Å². The van der Waals surface area contributed by atoms with Crippen molar-refractivity contribution < 1.29 is 19.0 Å². The number of nitrogens with zero attached hydrogens (tertiary/aromatic N) is 2. The molecule has 0 unspecified atom stereocenters. The Kier molecular flexibility index (Phi) is 4.75. The summed E-state index contributed by atoms with van der Waals surface area (Å²) in [6.07, 6.45) is 2.28. The Labute approximate surface area is 158 Å². The summed E-state index contributed by atoms with van der Waals surface area (Å²) in [4.78, 5) is 16.6. The van der Waals surface area contributed by atoms with Crippen LogP contribution in [0.15, 0.2) is 12.1 Å². The molecular weight excluding hydrogens is 356 g/mol. The van der Waals surface area contributed by atoms with E-state index in [1.54, 1.807) is 13.2 Å². The zero-order valence-corrected chi connectivity index (χ0v) is 16.1. The van der Waals surface area contributed by atoms with E-state index in [1.165, 1.54) is 0 Å². The van der Waals surface area contributed by atoms with E-state index in [-0.39, 0.29) is 11.9 Å². The molecule has 3 aliphatic heterocycles. The number of rotatable bonds is 6. The minimum atomic E-state index is -0.426. The van der Waals surface area contributed by atoms with Crippen molar-refractivity contribution in [1.29, 1.82) is 0 Å². The van der Waals surface area contributed by atoms with Crippen LogP contribution in [0, 0.1) is 0 Å². The summed E-state index contributed by atoms with van der Waals surface area (Å²) < 4.78 is 17.5. The predicted octanol–water partition coefficient (Wildman–Crippen LogP) is 2.67. The number of carbonyl (C=O) groups is 1. The Morgan fingerprint density at radius 2 is 2.23 bits per heavy atom. The first-order valence-corrected chi connectivity index (χ1v) is 9.64. The van der Waals surface area contributed by atoms with Gasteiger partial charge in [0.2, 0.25) is 5.91 Å². The van der Waals surface area contributed by atoms with E-state index >= 15 is 0 Å². The van der Waals surface area contributed by atoms with E-state index in [0.717, 1.165) is 30.7 Å². The maximum absolute atomic E-state index is 12.4. The standard InChI is InChI=1S/C19H25ClN2O4/c1-3-7-25-18-13(9-14(20)10-15(18)24-2)12-21-5-4-19-16(21)11-17(23)22(19)6-8-26-19/h9-10,16H,3-8,11-12H2,1-2H3/t16-,19+/m1/s1. The van der Waals surface area contributed by atoms with Crippen molar-refractivity contribution in [3.05, 3.63) is 22.7 Å². The Hall–Kier alpha value is -1.50. The summed E-state index contributed by atoms with van der Waals surface area (Å²) in [5, 5.41) is 0.621. The van der Waals surface area contributed by atoms with Crippen LogP contribution < -0.4 is 9.47 Å². The lowest BCUT2D eigenvalue weighted by atomic mass is 10.1. The molecule has 142 valence electrons. The maximum Gasteiger partial charge on any atom is 0.226 e. The number of hydrogen-bond acceptors (Lipinski definition) is 5. The Morgan fingerprint density at radius 1 is 1.38 bits per heavy atom. The van der Waals surface area contributed by atoms with E-state index in [1.807, 2.05) is 11.0 Å². The van der Waals surface area contributed by atoms with E-state index in [9.17, 15) is 4.79 Å². The molecule has 6 nitrogen and oxygen atoms in total. The average molecular weight is 381 g/mol. The van der Waals surface area contributed by atoms with Gasteiger partial charge in [-0.1, -0.05) is 18.5 Å². The van der Waals surface area contributed by atoms with Crippen molar-refractivity contribution in [2.45, 2.75) is 44.5 Å². The lowest BCUT2D eigenvalue weighted by Gasteiger charge is -2.32. The van der Waals surface area contributed by atoms with Gasteiger partial charge in [-0.2, -0.15) is 0 Å². The number of halogens is 1. The molecule has 1 amide bonds. The Morgan fingerprint density at radius 3 is 3.00 bits per heavy atom. The molecule has 2 atom stereocenters. The van der Waals surface area contributed by atoms with Gasteiger partial charge in [0.15, 0.2) is 17.2 Å². The van der Waals surface area contributed by atoms with Crippen LogP contribution in [0.3, 0.4) is 0 Å². The summed E-state index contributed by atoms with van der Waals surface area (Å²) in [7, 11) is 1.62. The van der Waals surface area contributed by atoms with Crippen LogP contribution in [-0.4, -0.2) is 60.9 Å². The molecule has 4 rings (SSSR count). The highest BCUT2D eigenvalue weighted by atomic mass is 35.5. The molecule has 1 spiro atoms. The van der Waals surface area contributed by atoms with Crippen LogP contribution in [0.4, 0.5) is 0 Å². The summed E-state index contributed by atoms with van der Waals surface area (Å²) in [6.45, 7) is 5.57. The van der Waals surface area contributed by atoms with E-state index in [0.29, 0.717) is 43.5 Å². The maximum atomic E-state index is 12.4. The summed E-state index contributed by atoms with van der Waals surface area (Å²) in [6, 6.07) is 3.80. The van der Waals surface area contributed by atoms with Crippen molar-refractivity contribution >= 4 is 17.5 Å². The first kappa shape index (κ1) is 17.9. The molecule has 0 radical (unpaired) electrons. The number of hydrogen-bond donors (Lipinski definition) is 0. The van der Waals surface area contributed by atoms with E-state index in [4.69, 9.17) is 25.8 Å². The third-order valence-corrected chi connectivity index (χ3v) is 5.87. The Balaban J connectivity index is 1.61. The minimum Gasteiger partial charge on any atom is -0.493 e. The van der Waals surface area contributed by atoms with Crippen molar-refractivity contribution in [2.24, 2.45) is 0 Å². The first-order valence-electron chi connectivity index (χ1n) is 9.26. The largest absolute Gasteiger partial charge is 0.493 e.